The smallest absolute Gasteiger partial charge is 0.317 e. The van der Waals surface area contributed by atoms with Crippen LogP contribution in [0.1, 0.15) is 35.8 Å². The Morgan fingerprint density at radius 2 is 2.27 bits per heavy atom. The van der Waals surface area contributed by atoms with Crippen LogP contribution in [-0.2, 0) is 11.2 Å². The van der Waals surface area contributed by atoms with E-state index in [9.17, 15) is 4.79 Å². The fourth-order valence-corrected chi connectivity index (χ4v) is 3.51. The van der Waals surface area contributed by atoms with E-state index in [1.807, 2.05) is 18.7 Å². The normalized spacial score (nSPS) is 18.2. The van der Waals surface area contributed by atoms with Gasteiger partial charge in [0.15, 0.2) is 0 Å². The van der Waals surface area contributed by atoms with Crippen LogP contribution >= 0.6 is 11.3 Å². The number of thiazole rings is 1. The molecule has 0 aromatic carbocycles. The van der Waals surface area contributed by atoms with Gasteiger partial charge in [-0.05, 0) is 26.2 Å². The van der Waals surface area contributed by atoms with Crippen LogP contribution in [0.5, 0.6) is 0 Å². The lowest BCUT2D eigenvalue weighted by molar-refractivity contribution is 0.0436. The summed E-state index contributed by atoms with van der Waals surface area (Å²) in [5.41, 5.74) is 1.08. The molecule has 1 atom stereocenters. The first kappa shape index (κ1) is 17.2. The van der Waals surface area contributed by atoms with E-state index in [-0.39, 0.29) is 12.1 Å². The van der Waals surface area contributed by atoms with Crippen LogP contribution in [0.25, 0.3) is 0 Å². The molecule has 1 aliphatic heterocycles. The summed E-state index contributed by atoms with van der Waals surface area (Å²) in [7, 11) is 0. The van der Waals surface area contributed by atoms with Gasteiger partial charge >= 0.3 is 6.03 Å². The number of urea groups is 1. The quantitative estimate of drug-likeness (QED) is 0.875. The third-order valence-electron chi connectivity index (χ3n) is 3.73. The van der Waals surface area contributed by atoms with Gasteiger partial charge in [-0.3, -0.25) is 0 Å². The van der Waals surface area contributed by atoms with E-state index in [0.29, 0.717) is 19.0 Å². The number of ether oxygens (including phenoxy) is 1. The molecule has 2 amide bonds. The highest BCUT2D eigenvalue weighted by atomic mass is 32.1. The molecule has 0 radical (unpaired) electrons. The number of nitrogens with zero attached hydrogens (tertiary/aromatic N) is 2. The number of hydrogen-bond donors (Lipinski definition) is 1. The number of amides is 2. The van der Waals surface area contributed by atoms with Crippen molar-refractivity contribution in [1.82, 2.24) is 15.2 Å². The van der Waals surface area contributed by atoms with Gasteiger partial charge in [-0.1, -0.05) is 13.8 Å². The Kier molecular flexibility index (Phi) is 6.20. The first-order valence-electron chi connectivity index (χ1n) is 8.03. The number of hydrogen-bond acceptors (Lipinski definition) is 4. The van der Waals surface area contributed by atoms with Gasteiger partial charge in [0, 0.05) is 37.5 Å². The van der Waals surface area contributed by atoms with E-state index in [4.69, 9.17) is 4.74 Å². The van der Waals surface area contributed by atoms with Gasteiger partial charge in [0.2, 0.25) is 0 Å². The standard InChI is InChI=1S/C16H27N3O2S/c1-11(2)10-21-14-6-8-19(9-14)16(20)17-7-5-15-12(3)18-13(4)22-15/h11,14H,5-10H2,1-4H3,(H,17,20). The van der Waals surface area contributed by atoms with Crippen molar-refractivity contribution in [2.75, 3.05) is 26.2 Å². The van der Waals surface area contributed by atoms with Crippen molar-refractivity contribution in [3.05, 3.63) is 15.6 Å². The summed E-state index contributed by atoms with van der Waals surface area (Å²) in [5.74, 6) is 0.536. The van der Waals surface area contributed by atoms with E-state index in [1.165, 1.54) is 4.88 Å². The Morgan fingerprint density at radius 3 is 2.91 bits per heavy atom. The predicted octanol–water partition coefficient (Wildman–Crippen LogP) is 2.76. The van der Waals surface area contributed by atoms with E-state index >= 15 is 0 Å². The Balaban J connectivity index is 1.68. The molecule has 6 heteroatoms. The predicted molar refractivity (Wildman–Crippen MR) is 89.5 cm³/mol. The van der Waals surface area contributed by atoms with E-state index < -0.39 is 0 Å². The zero-order chi connectivity index (χ0) is 16.1. The van der Waals surface area contributed by atoms with Crippen LogP contribution in [0.15, 0.2) is 0 Å². The number of carbonyl (C=O) groups excluding carboxylic acids is 1. The molecule has 1 fully saturated rings. The number of likely N-dealkylation sites (tertiary alicyclic amines) is 1. The summed E-state index contributed by atoms with van der Waals surface area (Å²) >= 11 is 1.71. The molecular formula is C16H27N3O2S. The lowest BCUT2D eigenvalue weighted by Crippen LogP contribution is -2.40. The maximum atomic E-state index is 12.2. The minimum Gasteiger partial charge on any atom is -0.376 e. The molecular weight excluding hydrogens is 298 g/mol. The molecule has 124 valence electrons. The zero-order valence-corrected chi connectivity index (χ0v) is 14.8. The largest absolute Gasteiger partial charge is 0.376 e. The molecule has 2 rings (SSSR count). The highest BCUT2D eigenvalue weighted by Gasteiger charge is 2.26. The Bertz CT molecular complexity index is 502. The molecule has 0 aliphatic carbocycles. The summed E-state index contributed by atoms with van der Waals surface area (Å²) < 4.78 is 5.81. The molecule has 2 heterocycles. The van der Waals surface area contributed by atoms with Gasteiger partial charge in [0.1, 0.15) is 0 Å². The van der Waals surface area contributed by atoms with Crippen molar-refractivity contribution in [1.29, 1.82) is 0 Å². The van der Waals surface area contributed by atoms with Gasteiger partial charge in [-0.15, -0.1) is 11.3 Å². The van der Waals surface area contributed by atoms with E-state index in [2.05, 4.69) is 24.1 Å². The van der Waals surface area contributed by atoms with Crippen LogP contribution in [0.2, 0.25) is 0 Å². The zero-order valence-electron chi connectivity index (χ0n) is 14.0. The first-order valence-corrected chi connectivity index (χ1v) is 8.84. The third-order valence-corrected chi connectivity index (χ3v) is 4.86. The number of nitrogens with one attached hydrogen (secondary N) is 1. The Hall–Kier alpha value is -1.14. The molecule has 1 saturated heterocycles. The second kappa shape index (κ2) is 7.92. The molecule has 1 unspecified atom stereocenters. The fourth-order valence-electron chi connectivity index (χ4n) is 2.58. The van der Waals surface area contributed by atoms with E-state index in [0.717, 1.165) is 36.7 Å². The topological polar surface area (TPSA) is 54.5 Å². The maximum Gasteiger partial charge on any atom is 0.317 e. The Labute approximate surface area is 137 Å². The van der Waals surface area contributed by atoms with Gasteiger partial charge in [-0.25, -0.2) is 9.78 Å². The number of rotatable bonds is 6. The van der Waals surface area contributed by atoms with Crippen molar-refractivity contribution in [3.63, 3.8) is 0 Å². The summed E-state index contributed by atoms with van der Waals surface area (Å²) in [6, 6.07) is 0.0227. The molecule has 0 bridgehead atoms. The highest BCUT2D eigenvalue weighted by molar-refractivity contribution is 7.11. The Morgan fingerprint density at radius 1 is 1.50 bits per heavy atom. The van der Waals surface area contributed by atoms with Crippen molar-refractivity contribution in [2.45, 2.75) is 46.6 Å². The molecule has 1 N–H and O–H groups in total. The van der Waals surface area contributed by atoms with Crippen LogP contribution in [0.4, 0.5) is 4.79 Å². The monoisotopic (exact) mass is 325 g/mol. The maximum absolute atomic E-state index is 12.2. The summed E-state index contributed by atoms with van der Waals surface area (Å²) in [6.07, 6.45) is 1.98. The van der Waals surface area contributed by atoms with Crippen molar-refractivity contribution < 1.29 is 9.53 Å². The number of aryl methyl sites for hydroxylation is 2. The molecule has 22 heavy (non-hydrogen) atoms. The van der Waals surface area contributed by atoms with Gasteiger partial charge in [-0.2, -0.15) is 0 Å². The highest BCUT2D eigenvalue weighted by Crippen LogP contribution is 2.17. The van der Waals surface area contributed by atoms with Crippen LogP contribution in [-0.4, -0.2) is 48.3 Å². The minimum absolute atomic E-state index is 0.0227. The van der Waals surface area contributed by atoms with E-state index in [1.54, 1.807) is 11.3 Å². The fraction of sp³-hybridized carbons (Fsp3) is 0.750. The second-order valence-corrected chi connectivity index (χ2v) is 7.60. The van der Waals surface area contributed by atoms with Gasteiger partial charge in [0.25, 0.3) is 0 Å². The molecule has 1 aliphatic rings. The third kappa shape index (κ3) is 4.95. The molecule has 1 aromatic heterocycles. The minimum atomic E-state index is 0.0227. The van der Waals surface area contributed by atoms with Crippen molar-refractivity contribution >= 4 is 17.4 Å². The first-order chi connectivity index (χ1) is 10.5. The average molecular weight is 325 g/mol. The second-order valence-electron chi connectivity index (χ2n) is 6.31. The summed E-state index contributed by atoms with van der Waals surface area (Å²) in [4.78, 5) is 19.7. The van der Waals surface area contributed by atoms with Crippen molar-refractivity contribution in [3.8, 4) is 0 Å². The van der Waals surface area contributed by atoms with Crippen LogP contribution < -0.4 is 5.32 Å². The number of aromatic nitrogens is 1. The SMILES string of the molecule is Cc1nc(C)c(CCNC(=O)N2CCC(OCC(C)C)C2)s1. The molecule has 1 aromatic rings. The lowest BCUT2D eigenvalue weighted by atomic mass is 10.2. The molecule has 0 spiro atoms. The van der Waals surface area contributed by atoms with Gasteiger partial charge < -0.3 is 15.0 Å². The van der Waals surface area contributed by atoms with Crippen molar-refractivity contribution in [2.24, 2.45) is 5.92 Å². The van der Waals surface area contributed by atoms with Crippen LogP contribution in [0.3, 0.4) is 0 Å². The average Bonchev–Trinajstić information content (AvgIpc) is 3.03. The summed E-state index contributed by atoms with van der Waals surface area (Å²) in [5, 5.41) is 4.09. The van der Waals surface area contributed by atoms with Gasteiger partial charge in [0.05, 0.1) is 16.8 Å². The number of carbonyl (C=O) groups is 1. The molecule has 5 nitrogen and oxygen atoms in total. The van der Waals surface area contributed by atoms with Crippen LogP contribution in [0, 0.1) is 19.8 Å². The summed E-state index contributed by atoms with van der Waals surface area (Å²) in [6.45, 7) is 11.2. The molecule has 0 saturated carbocycles. The lowest BCUT2D eigenvalue weighted by Gasteiger charge is -2.18.